The van der Waals surface area contributed by atoms with E-state index in [1.54, 1.807) is 12.1 Å². The smallest absolute Gasteiger partial charge is 0.115 e. The van der Waals surface area contributed by atoms with Gasteiger partial charge in [0.15, 0.2) is 0 Å². The highest BCUT2D eigenvalue weighted by Gasteiger charge is 2.14. The van der Waals surface area contributed by atoms with Gasteiger partial charge in [0.05, 0.1) is 5.69 Å². The molecule has 0 saturated carbocycles. The molecule has 0 fully saturated rings. The summed E-state index contributed by atoms with van der Waals surface area (Å²) in [4.78, 5) is 4.57. The third-order valence-electron chi connectivity index (χ3n) is 2.82. The van der Waals surface area contributed by atoms with Crippen LogP contribution in [-0.2, 0) is 13.0 Å². The molecule has 0 atom stereocenters. The summed E-state index contributed by atoms with van der Waals surface area (Å²) in [5, 5.41) is 9.20. The predicted molar refractivity (Wildman–Crippen MR) is 68.0 cm³/mol. The van der Waals surface area contributed by atoms with Crippen molar-refractivity contribution in [3.05, 3.63) is 36.3 Å². The predicted octanol–water partition coefficient (Wildman–Crippen LogP) is 2.78. The van der Waals surface area contributed by atoms with Gasteiger partial charge in [0.2, 0.25) is 0 Å². The highest BCUT2D eigenvalue weighted by molar-refractivity contribution is 8.93. The Morgan fingerprint density at radius 2 is 1.94 bits per heavy atom. The fourth-order valence-corrected chi connectivity index (χ4v) is 2.03. The van der Waals surface area contributed by atoms with Crippen molar-refractivity contribution in [2.24, 2.45) is 0 Å². The van der Waals surface area contributed by atoms with E-state index in [-0.39, 0.29) is 17.0 Å². The molecule has 1 aliphatic heterocycles. The average molecular weight is 281 g/mol. The Balaban J connectivity index is 0.000000963. The van der Waals surface area contributed by atoms with Crippen LogP contribution in [0.2, 0.25) is 0 Å². The van der Waals surface area contributed by atoms with Gasteiger partial charge in [0.1, 0.15) is 11.6 Å². The average Bonchev–Trinajstić information content (AvgIpc) is 2.78. The van der Waals surface area contributed by atoms with Crippen LogP contribution in [0.15, 0.2) is 30.5 Å². The summed E-state index contributed by atoms with van der Waals surface area (Å²) in [5.74, 6) is 1.48. The van der Waals surface area contributed by atoms with Crippen LogP contribution in [0.4, 0.5) is 0 Å². The van der Waals surface area contributed by atoms with Crippen LogP contribution in [0.1, 0.15) is 12.2 Å². The number of benzene rings is 1. The fourth-order valence-electron chi connectivity index (χ4n) is 2.03. The maximum absolute atomic E-state index is 9.20. The van der Waals surface area contributed by atoms with Crippen LogP contribution in [0.3, 0.4) is 0 Å². The van der Waals surface area contributed by atoms with Crippen LogP contribution >= 0.6 is 17.0 Å². The van der Waals surface area contributed by atoms with Crippen LogP contribution < -0.4 is 0 Å². The number of aryl methyl sites for hydroxylation is 2. The number of aromatic hydroxyl groups is 1. The Morgan fingerprint density at radius 1 is 1.19 bits per heavy atom. The van der Waals surface area contributed by atoms with Crippen molar-refractivity contribution < 1.29 is 5.11 Å². The summed E-state index contributed by atoms with van der Waals surface area (Å²) in [7, 11) is 0. The Bertz CT molecular complexity index is 469. The van der Waals surface area contributed by atoms with Gasteiger partial charge >= 0.3 is 0 Å². The minimum atomic E-state index is 0. The number of fused-ring (bicyclic) bond motifs is 1. The standard InChI is InChI=1S/C12H12N2O.BrH/c15-10-5-3-9(4-6-10)11-8-14-7-1-2-12(14)13-11;/h3-6,8,15H,1-2,7H2;1H. The molecule has 1 N–H and O–H groups in total. The van der Waals surface area contributed by atoms with Crippen LogP contribution in [0.25, 0.3) is 11.3 Å². The Hall–Kier alpha value is -1.29. The Labute approximate surface area is 105 Å². The maximum atomic E-state index is 9.20. The van der Waals surface area contributed by atoms with Crippen LogP contribution in [0.5, 0.6) is 5.75 Å². The third kappa shape index (κ3) is 1.85. The van der Waals surface area contributed by atoms with Gasteiger partial charge in [0, 0.05) is 24.7 Å². The van der Waals surface area contributed by atoms with E-state index in [9.17, 15) is 5.11 Å². The molecule has 1 aliphatic rings. The second kappa shape index (κ2) is 4.29. The lowest BCUT2D eigenvalue weighted by Gasteiger charge is -1.96. The van der Waals surface area contributed by atoms with E-state index in [1.807, 2.05) is 12.1 Å². The number of nitrogens with zero attached hydrogens (tertiary/aromatic N) is 2. The van der Waals surface area contributed by atoms with E-state index in [2.05, 4.69) is 15.7 Å². The lowest BCUT2D eigenvalue weighted by molar-refractivity contribution is 0.475. The first-order valence-electron chi connectivity index (χ1n) is 5.18. The number of aromatic nitrogens is 2. The van der Waals surface area contributed by atoms with Gasteiger partial charge in [-0.3, -0.25) is 0 Å². The molecule has 0 aliphatic carbocycles. The van der Waals surface area contributed by atoms with Gasteiger partial charge < -0.3 is 9.67 Å². The highest BCUT2D eigenvalue weighted by atomic mass is 79.9. The summed E-state index contributed by atoms with van der Waals surface area (Å²) >= 11 is 0. The first-order valence-corrected chi connectivity index (χ1v) is 5.18. The number of hydrogen-bond acceptors (Lipinski definition) is 2. The third-order valence-corrected chi connectivity index (χ3v) is 2.82. The topological polar surface area (TPSA) is 38.0 Å². The molecule has 0 amide bonds. The van der Waals surface area contributed by atoms with Gasteiger partial charge in [0.25, 0.3) is 0 Å². The van der Waals surface area contributed by atoms with Gasteiger partial charge in [-0.05, 0) is 30.7 Å². The summed E-state index contributed by atoms with van der Waals surface area (Å²) in [6.07, 6.45) is 4.38. The summed E-state index contributed by atoms with van der Waals surface area (Å²) in [5.41, 5.74) is 2.07. The molecular formula is C12H13BrN2O. The van der Waals surface area contributed by atoms with E-state index in [0.29, 0.717) is 5.75 Å². The lowest BCUT2D eigenvalue weighted by Crippen LogP contribution is -1.87. The highest BCUT2D eigenvalue weighted by Crippen LogP contribution is 2.24. The first-order chi connectivity index (χ1) is 7.33. The number of phenols is 1. The van der Waals surface area contributed by atoms with Gasteiger partial charge in [-0.25, -0.2) is 4.98 Å². The molecule has 0 radical (unpaired) electrons. The fraction of sp³-hybridized carbons (Fsp3) is 0.250. The number of hydrogen-bond donors (Lipinski definition) is 1. The van der Waals surface area contributed by atoms with Crippen molar-refractivity contribution in [2.75, 3.05) is 0 Å². The van der Waals surface area contributed by atoms with Crippen molar-refractivity contribution in [3.8, 4) is 17.0 Å². The molecule has 0 saturated heterocycles. The number of rotatable bonds is 1. The Morgan fingerprint density at radius 3 is 2.62 bits per heavy atom. The molecular weight excluding hydrogens is 268 g/mol. The largest absolute Gasteiger partial charge is 0.508 e. The number of imidazole rings is 1. The molecule has 2 heterocycles. The maximum Gasteiger partial charge on any atom is 0.115 e. The molecule has 16 heavy (non-hydrogen) atoms. The van der Waals surface area contributed by atoms with Crippen molar-refractivity contribution in [1.29, 1.82) is 0 Å². The van der Waals surface area contributed by atoms with Gasteiger partial charge in [-0.2, -0.15) is 0 Å². The molecule has 1 aromatic heterocycles. The van der Waals surface area contributed by atoms with E-state index >= 15 is 0 Å². The van der Waals surface area contributed by atoms with Crippen molar-refractivity contribution >= 4 is 17.0 Å². The zero-order chi connectivity index (χ0) is 10.3. The van der Waals surface area contributed by atoms with Crippen LogP contribution in [-0.4, -0.2) is 14.7 Å². The van der Waals surface area contributed by atoms with Crippen molar-refractivity contribution in [1.82, 2.24) is 9.55 Å². The molecule has 0 spiro atoms. The van der Waals surface area contributed by atoms with E-state index in [0.717, 1.165) is 24.2 Å². The van der Waals surface area contributed by atoms with E-state index in [1.165, 1.54) is 12.2 Å². The first kappa shape index (κ1) is 11.2. The Kier molecular flexibility index (Phi) is 3.01. The minimum Gasteiger partial charge on any atom is -0.508 e. The molecule has 84 valence electrons. The second-order valence-electron chi connectivity index (χ2n) is 3.89. The van der Waals surface area contributed by atoms with Crippen molar-refractivity contribution in [2.45, 2.75) is 19.4 Å². The van der Waals surface area contributed by atoms with E-state index in [4.69, 9.17) is 0 Å². The molecule has 1 aromatic carbocycles. The van der Waals surface area contributed by atoms with Gasteiger partial charge in [-0.1, -0.05) is 0 Å². The molecule has 0 bridgehead atoms. The zero-order valence-electron chi connectivity index (χ0n) is 8.76. The number of halogens is 1. The quantitative estimate of drug-likeness (QED) is 0.872. The summed E-state index contributed by atoms with van der Waals surface area (Å²) < 4.78 is 2.21. The molecule has 4 heteroatoms. The minimum absolute atomic E-state index is 0. The van der Waals surface area contributed by atoms with E-state index < -0.39 is 0 Å². The zero-order valence-corrected chi connectivity index (χ0v) is 10.5. The number of phenolic OH excluding ortho intramolecular Hbond substituents is 1. The summed E-state index contributed by atoms with van der Waals surface area (Å²) in [6, 6.07) is 7.18. The normalized spacial score (nSPS) is 13.2. The molecule has 3 rings (SSSR count). The second-order valence-corrected chi connectivity index (χ2v) is 3.89. The molecule has 0 unspecified atom stereocenters. The lowest BCUT2D eigenvalue weighted by atomic mass is 10.1. The molecule has 3 nitrogen and oxygen atoms in total. The van der Waals surface area contributed by atoms with Gasteiger partial charge in [-0.15, -0.1) is 17.0 Å². The van der Waals surface area contributed by atoms with Crippen molar-refractivity contribution in [3.63, 3.8) is 0 Å². The molecule has 2 aromatic rings. The van der Waals surface area contributed by atoms with Crippen LogP contribution in [0, 0.1) is 0 Å². The SMILES string of the molecule is Br.Oc1ccc(-c2cn3c(n2)CCC3)cc1. The summed E-state index contributed by atoms with van der Waals surface area (Å²) in [6.45, 7) is 1.08. The monoisotopic (exact) mass is 280 g/mol.